The first-order valence-electron chi connectivity index (χ1n) is 6.93. The maximum Gasteiger partial charge on any atom is 0.222 e. The molecule has 2 rings (SSSR count). The van der Waals surface area contributed by atoms with Gasteiger partial charge in [0.2, 0.25) is 5.95 Å². The standard InChI is InChI=1S/C14H23N3O/c1-3-13-11(2)9-16-14(17-13)15-7-4-5-12-6-8-18-10-12/h9,12H,3-8,10H2,1-2H3,(H,15,16,17). The van der Waals surface area contributed by atoms with Crippen molar-refractivity contribution in [1.29, 1.82) is 0 Å². The summed E-state index contributed by atoms with van der Waals surface area (Å²) >= 11 is 0. The van der Waals surface area contributed by atoms with Gasteiger partial charge in [-0.3, -0.25) is 0 Å². The monoisotopic (exact) mass is 249 g/mol. The lowest BCUT2D eigenvalue weighted by Gasteiger charge is -2.09. The van der Waals surface area contributed by atoms with Crippen LogP contribution in [-0.2, 0) is 11.2 Å². The molecule has 1 aromatic rings. The van der Waals surface area contributed by atoms with Crippen LogP contribution >= 0.6 is 0 Å². The van der Waals surface area contributed by atoms with E-state index in [4.69, 9.17) is 4.74 Å². The highest BCUT2D eigenvalue weighted by molar-refractivity contribution is 5.28. The Morgan fingerprint density at radius 1 is 1.50 bits per heavy atom. The van der Waals surface area contributed by atoms with Crippen LogP contribution in [0.5, 0.6) is 0 Å². The Morgan fingerprint density at radius 2 is 2.39 bits per heavy atom. The van der Waals surface area contributed by atoms with E-state index in [1.165, 1.54) is 18.4 Å². The van der Waals surface area contributed by atoms with Crippen LogP contribution in [0.1, 0.15) is 37.4 Å². The molecule has 1 aromatic heterocycles. The normalized spacial score (nSPS) is 19.1. The lowest BCUT2D eigenvalue weighted by Crippen LogP contribution is -2.09. The minimum atomic E-state index is 0.761. The third-order valence-electron chi connectivity index (χ3n) is 3.51. The van der Waals surface area contributed by atoms with Gasteiger partial charge in [0.05, 0.1) is 0 Å². The summed E-state index contributed by atoms with van der Waals surface area (Å²) in [4.78, 5) is 8.82. The molecule has 100 valence electrons. The quantitative estimate of drug-likeness (QED) is 0.787. The van der Waals surface area contributed by atoms with Gasteiger partial charge in [-0.25, -0.2) is 9.97 Å². The van der Waals surface area contributed by atoms with Gasteiger partial charge in [0.15, 0.2) is 0 Å². The Balaban J connectivity index is 1.72. The number of hydrogen-bond acceptors (Lipinski definition) is 4. The van der Waals surface area contributed by atoms with Crippen LogP contribution in [0.2, 0.25) is 0 Å². The first kappa shape index (κ1) is 13.3. The summed E-state index contributed by atoms with van der Waals surface area (Å²) in [6.07, 6.45) is 6.48. The van der Waals surface area contributed by atoms with Crippen molar-refractivity contribution in [3.05, 3.63) is 17.5 Å². The third-order valence-corrected chi connectivity index (χ3v) is 3.51. The molecule has 0 aliphatic carbocycles. The lowest BCUT2D eigenvalue weighted by atomic mass is 10.0. The smallest absolute Gasteiger partial charge is 0.222 e. The molecule has 1 fully saturated rings. The number of anilines is 1. The molecule has 4 nitrogen and oxygen atoms in total. The van der Waals surface area contributed by atoms with Crippen molar-refractivity contribution >= 4 is 5.95 Å². The molecule has 2 heterocycles. The predicted octanol–water partition coefficient (Wildman–Crippen LogP) is 2.58. The molecule has 0 amide bonds. The van der Waals surface area contributed by atoms with Gasteiger partial charge in [0.25, 0.3) is 0 Å². The van der Waals surface area contributed by atoms with Gasteiger partial charge >= 0.3 is 0 Å². The summed E-state index contributed by atoms with van der Waals surface area (Å²) in [7, 11) is 0. The van der Waals surface area contributed by atoms with E-state index in [2.05, 4.69) is 29.1 Å². The molecule has 1 aliphatic rings. The minimum absolute atomic E-state index is 0.761. The number of hydrogen-bond donors (Lipinski definition) is 1. The van der Waals surface area contributed by atoms with Gasteiger partial charge in [0, 0.05) is 31.6 Å². The number of aryl methyl sites for hydroxylation is 2. The fraction of sp³-hybridized carbons (Fsp3) is 0.714. The largest absolute Gasteiger partial charge is 0.381 e. The van der Waals surface area contributed by atoms with Crippen molar-refractivity contribution in [1.82, 2.24) is 9.97 Å². The SMILES string of the molecule is CCc1nc(NCCCC2CCOC2)ncc1C. The zero-order chi connectivity index (χ0) is 12.8. The minimum Gasteiger partial charge on any atom is -0.381 e. The first-order valence-corrected chi connectivity index (χ1v) is 6.93. The predicted molar refractivity (Wildman–Crippen MR) is 72.8 cm³/mol. The molecule has 1 saturated heterocycles. The van der Waals surface area contributed by atoms with E-state index in [0.29, 0.717) is 0 Å². The maximum absolute atomic E-state index is 5.37. The summed E-state index contributed by atoms with van der Waals surface area (Å²) in [5, 5.41) is 3.31. The van der Waals surface area contributed by atoms with Crippen LogP contribution in [0.3, 0.4) is 0 Å². The van der Waals surface area contributed by atoms with E-state index in [1.54, 1.807) is 0 Å². The number of ether oxygens (including phenoxy) is 1. The molecule has 18 heavy (non-hydrogen) atoms. The molecule has 0 bridgehead atoms. The maximum atomic E-state index is 5.37. The average molecular weight is 249 g/mol. The van der Waals surface area contributed by atoms with Gasteiger partial charge in [0.1, 0.15) is 0 Å². The number of nitrogens with one attached hydrogen (secondary N) is 1. The van der Waals surface area contributed by atoms with Crippen LogP contribution in [0, 0.1) is 12.8 Å². The first-order chi connectivity index (χ1) is 8.79. The zero-order valence-electron chi connectivity index (χ0n) is 11.4. The highest BCUT2D eigenvalue weighted by Crippen LogP contribution is 2.17. The lowest BCUT2D eigenvalue weighted by molar-refractivity contribution is 0.184. The van der Waals surface area contributed by atoms with Crippen LogP contribution in [0.15, 0.2) is 6.20 Å². The highest BCUT2D eigenvalue weighted by Gasteiger charge is 2.14. The summed E-state index contributed by atoms with van der Waals surface area (Å²) < 4.78 is 5.37. The van der Waals surface area contributed by atoms with Gasteiger partial charge in [-0.15, -0.1) is 0 Å². The molecule has 0 saturated carbocycles. The molecule has 1 N–H and O–H groups in total. The van der Waals surface area contributed by atoms with Gasteiger partial charge in [-0.2, -0.15) is 0 Å². The van der Waals surface area contributed by atoms with Crippen molar-refractivity contribution in [2.75, 3.05) is 25.1 Å². The van der Waals surface area contributed by atoms with Crippen molar-refractivity contribution in [2.24, 2.45) is 5.92 Å². The molecule has 0 aromatic carbocycles. The van der Waals surface area contributed by atoms with Crippen LogP contribution in [-0.4, -0.2) is 29.7 Å². The van der Waals surface area contributed by atoms with E-state index in [0.717, 1.165) is 50.2 Å². The molecule has 4 heteroatoms. The van der Waals surface area contributed by atoms with Crippen molar-refractivity contribution < 1.29 is 4.74 Å². The second-order valence-corrected chi connectivity index (χ2v) is 4.98. The Morgan fingerprint density at radius 3 is 3.11 bits per heavy atom. The molecule has 1 aliphatic heterocycles. The number of rotatable bonds is 6. The zero-order valence-corrected chi connectivity index (χ0v) is 11.4. The number of aromatic nitrogens is 2. The van der Waals surface area contributed by atoms with Gasteiger partial charge in [-0.05, 0) is 44.1 Å². The van der Waals surface area contributed by atoms with Gasteiger partial charge < -0.3 is 10.1 Å². The molecule has 1 unspecified atom stereocenters. The summed E-state index contributed by atoms with van der Waals surface area (Å²) in [5.41, 5.74) is 2.31. The van der Waals surface area contributed by atoms with Gasteiger partial charge in [-0.1, -0.05) is 6.92 Å². The third kappa shape index (κ3) is 3.67. The topological polar surface area (TPSA) is 47.0 Å². The fourth-order valence-electron chi connectivity index (χ4n) is 2.32. The Kier molecular flexibility index (Phi) is 4.93. The van der Waals surface area contributed by atoms with Crippen molar-refractivity contribution in [3.8, 4) is 0 Å². The number of nitrogens with zero attached hydrogens (tertiary/aromatic N) is 2. The van der Waals surface area contributed by atoms with E-state index in [-0.39, 0.29) is 0 Å². The molecule has 0 spiro atoms. The average Bonchev–Trinajstić information content (AvgIpc) is 2.89. The highest BCUT2D eigenvalue weighted by atomic mass is 16.5. The second kappa shape index (κ2) is 6.69. The Hall–Kier alpha value is -1.16. The fourth-order valence-corrected chi connectivity index (χ4v) is 2.32. The van der Waals surface area contributed by atoms with E-state index in [1.807, 2.05) is 6.20 Å². The second-order valence-electron chi connectivity index (χ2n) is 4.98. The van der Waals surface area contributed by atoms with Crippen LogP contribution in [0.25, 0.3) is 0 Å². The molecular weight excluding hydrogens is 226 g/mol. The summed E-state index contributed by atoms with van der Waals surface area (Å²) in [6.45, 7) is 7.02. The summed E-state index contributed by atoms with van der Waals surface area (Å²) in [6, 6.07) is 0. The van der Waals surface area contributed by atoms with Crippen LogP contribution in [0.4, 0.5) is 5.95 Å². The van der Waals surface area contributed by atoms with E-state index >= 15 is 0 Å². The molecular formula is C14H23N3O. The molecule has 0 radical (unpaired) electrons. The van der Waals surface area contributed by atoms with Crippen molar-refractivity contribution in [2.45, 2.75) is 39.5 Å². The van der Waals surface area contributed by atoms with E-state index < -0.39 is 0 Å². The Bertz CT molecular complexity index is 375. The van der Waals surface area contributed by atoms with Crippen molar-refractivity contribution in [3.63, 3.8) is 0 Å². The van der Waals surface area contributed by atoms with Crippen LogP contribution < -0.4 is 5.32 Å². The van der Waals surface area contributed by atoms with E-state index in [9.17, 15) is 0 Å². The Labute approximate surface area is 109 Å². The summed E-state index contributed by atoms with van der Waals surface area (Å²) in [5.74, 6) is 1.53. The molecule has 1 atom stereocenters.